The minimum Gasteiger partial charge on any atom is -0.457 e. The molecule has 1 aliphatic rings. The fraction of sp³-hybridized carbons (Fsp3) is 0.714. The Hall–Kier alpha value is -0.510. The van der Waals surface area contributed by atoms with E-state index in [0.29, 0.717) is 11.8 Å². The third-order valence-electron chi connectivity index (χ3n) is 1.74. The van der Waals surface area contributed by atoms with E-state index in [9.17, 15) is 4.79 Å². The molecule has 1 rings (SSSR count). The lowest BCUT2D eigenvalue weighted by Crippen LogP contribution is -2.36. The number of rotatable bonds is 1. The molecule has 0 bridgehead atoms. The summed E-state index contributed by atoms with van der Waals surface area (Å²) in [7, 11) is 0. The van der Waals surface area contributed by atoms with E-state index in [1.54, 1.807) is 6.92 Å². The Labute approximate surface area is 70.2 Å². The smallest absolute Gasteiger partial charge is 0.246 e. The lowest BCUT2D eigenvalue weighted by atomic mass is 10.0. The summed E-state index contributed by atoms with van der Waals surface area (Å²) in [5, 5.41) is 0.614. The number of carbonyl (C=O) groups is 1. The van der Waals surface area contributed by atoms with Crippen molar-refractivity contribution < 1.29 is 9.53 Å². The topological polar surface area (TPSA) is 38.7 Å². The number of nitrogens with zero attached hydrogens (tertiary/aromatic N) is 1. The molecule has 1 atom stereocenters. The highest BCUT2D eigenvalue weighted by Gasteiger charge is 2.37. The molecule has 62 valence electrons. The highest BCUT2D eigenvalue weighted by atomic mass is 32.2. The van der Waals surface area contributed by atoms with Gasteiger partial charge in [-0.05, 0) is 20.1 Å². The maximum Gasteiger partial charge on any atom is 0.246 e. The highest BCUT2D eigenvalue weighted by molar-refractivity contribution is 8.12. The molecular weight excluding hydrogens is 162 g/mol. The number of ketones is 1. The van der Waals surface area contributed by atoms with Crippen molar-refractivity contribution in [3.63, 3.8) is 0 Å². The Morgan fingerprint density at radius 2 is 2.45 bits per heavy atom. The van der Waals surface area contributed by atoms with Gasteiger partial charge in [0, 0.05) is 0 Å². The van der Waals surface area contributed by atoms with Crippen LogP contribution >= 0.6 is 11.8 Å². The molecule has 1 aliphatic heterocycles. The Balaban J connectivity index is 2.64. The van der Waals surface area contributed by atoms with Gasteiger partial charge < -0.3 is 4.74 Å². The summed E-state index contributed by atoms with van der Waals surface area (Å²) >= 11 is 1.43. The highest BCUT2D eigenvalue weighted by Crippen LogP contribution is 2.22. The first kappa shape index (κ1) is 8.59. The minimum absolute atomic E-state index is 0.0327. The first-order chi connectivity index (χ1) is 5.08. The van der Waals surface area contributed by atoms with Crippen LogP contribution in [0.15, 0.2) is 4.99 Å². The van der Waals surface area contributed by atoms with Crippen molar-refractivity contribution in [2.24, 2.45) is 4.99 Å². The van der Waals surface area contributed by atoms with Crippen molar-refractivity contribution in [1.82, 2.24) is 0 Å². The van der Waals surface area contributed by atoms with Gasteiger partial charge in [0.15, 0.2) is 11.4 Å². The van der Waals surface area contributed by atoms with E-state index in [1.807, 2.05) is 6.26 Å². The SMILES string of the molecule is CSC1=NCC(C)(C(C)=O)O1. The van der Waals surface area contributed by atoms with Crippen LogP contribution in [0.3, 0.4) is 0 Å². The van der Waals surface area contributed by atoms with E-state index < -0.39 is 5.60 Å². The molecule has 4 heteroatoms. The molecule has 11 heavy (non-hydrogen) atoms. The molecule has 0 aromatic heterocycles. The Morgan fingerprint density at radius 3 is 2.73 bits per heavy atom. The summed E-state index contributed by atoms with van der Waals surface area (Å²) in [5.74, 6) is 0.0327. The van der Waals surface area contributed by atoms with Gasteiger partial charge in [-0.15, -0.1) is 0 Å². The Bertz CT molecular complexity index is 214. The van der Waals surface area contributed by atoms with Gasteiger partial charge in [-0.25, -0.2) is 4.99 Å². The third kappa shape index (κ3) is 1.56. The van der Waals surface area contributed by atoms with Crippen LogP contribution in [-0.4, -0.2) is 29.4 Å². The zero-order chi connectivity index (χ0) is 8.48. The van der Waals surface area contributed by atoms with Crippen molar-refractivity contribution in [3.8, 4) is 0 Å². The molecule has 1 heterocycles. The first-order valence-corrected chi connectivity index (χ1v) is 4.59. The molecule has 0 N–H and O–H groups in total. The fourth-order valence-corrected chi connectivity index (χ4v) is 1.22. The number of carbonyl (C=O) groups excluding carboxylic acids is 1. The van der Waals surface area contributed by atoms with Gasteiger partial charge in [-0.1, -0.05) is 11.8 Å². The van der Waals surface area contributed by atoms with Crippen LogP contribution in [0.25, 0.3) is 0 Å². The number of Topliss-reactive ketones (excluding diaryl/α,β-unsaturated/α-hetero) is 1. The van der Waals surface area contributed by atoms with Gasteiger partial charge in [0.25, 0.3) is 0 Å². The first-order valence-electron chi connectivity index (χ1n) is 3.37. The zero-order valence-electron chi connectivity index (χ0n) is 6.88. The average Bonchev–Trinajstić information content (AvgIpc) is 2.33. The van der Waals surface area contributed by atoms with Crippen molar-refractivity contribution in [2.45, 2.75) is 19.4 Å². The predicted molar refractivity (Wildman–Crippen MR) is 46.0 cm³/mol. The van der Waals surface area contributed by atoms with Crippen LogP contribution < -0.4 is 0 Å². The number of hydrogen-bond donors (Lipinski definition) is 0. The molecule has 3 nitrogen and oxygen atoms in total. The van der Waals surface area contributed by atoms with E-state index in [-0.39, 0.29) is 5.78 Å². The predicted octanol–water partition coefficient (Wildman–Crippen LogP) is 1.08. The molecule has 0 aromatic carbocycles. The van der Waals surface area contributed by atoms with Crippen LogP contribution in [0, 0.1) is 0 Å². The van der Waals surface area contributed by atoms with E-state index in [4.69, 9.17) is 4.74 Å². The zero-order valence-corrected chi connectivity index (χ0v) is 7.70. The maximum atomic E-state index is 11.0. The number of ether oxygens (including phenoxy) is 1. The summed E-state index contributed by atoms with van der Waals surface area (Å²) in [6.45, 7) is 3.75. The van der Waals surface area contributed by atoms with E-state index in [2.05, 4.69) is 4.99 Å². The van der Waals surface area contributed by atoms with Gasteiger partial charge >= 0.3 is 0 Å². The van der Waals surface area contributed by atoms with Gasteiger partial charge in [0.2, 0.25) is 5.23 Å². The summed E-state index contributed by atoms with van der Waals surface area (Å²) < 4.78 is 5.32. The second-order valence-corrected chi connectivity index (χ2v) is 3.43. The summed E-state index contributed by atoms with van der Waals surface area (Å²) in [4.78, 5) is 15.1. The van der Waals surface area contributed by atoms with Crippen LogP contribution in [0.4, 0.5) is 0 Å². The number of hydrogen-bond acceptors (Lipinski definition) is 4. The Kier molecular flexibility index (Phi) is 2.23. The lowest BCUT2D eigenvalue weighted by Gasteiger charge is -2.18. The monoisotopic (exact) mass is 173 g/mol. The van der Waals surface area contributed by atoms with E-state index in [1.165, 1.54) is 18.7 Å². The third-order valence-corrected chi connectivity index (χ3v) is 2.30. The van der Waals surface area contributed by atoms with Gasteiger partial charge in [-0.2, -0.15) is 0 Å². The van der Waals surface area contributed by atoms with Gasteiger partial charge in [0.1, 0.15) is 0 Å². The molecule has 0 radical (unpaired) electrons. The summed E-state index contributed by atoms with van der Waals surface area (Å²) in [6, 6.07) is 0. The standard InChI is InChI=1S/C7H11NO2S/c1-5(9)7(2)4-8-6(10-7)11-3/h4H2,1-3H3. The van der Waals surface area contributed by atoms with Crippen LogP contribution in [-0.2, 0) is 9.53 Å². The molecule has 0 aromatic rings. The lowest BCUT2D eigenvalue weighted by molar-refractivity contribution is -0.129. The van der Waals surface area contributed by atoms with Gasteiger partial charge in [0.05, 0.1) is 6.54 Å². The van der Waals surface area contributed by atoms with E-state index >= 15 is 0 Å². The normalized spacial score (nSPS) is 29.5. The average molecular weight is 173 g/mol. The summed E-state index contributed by atoms with van der Waals surface area (Å²) in [5.41, 5.74) is -0.696. The Morgan fingerprint density at radius 1 is 1.82 bits per heavy atom. The van der Waals surface area contributed by atoms with Crippen molar-refractivity contribution in [3.05, 3.63) is 0 Å². The van der Waals surface area contributed by atoms with Crippen molar-refractivity contribution >= 4 is 22.8 Å². The van der Waals surface area contributed by atoms with Gasteiger partial charge in [-0.3, -0.25) is 4.79 Å². The summed E-state index contributed by atoms with van der Waals surface area (Å²) in [6.07, 6.45) is 1.88. The maximum absolute atomic E-state index is 11.0. The molecule has 0 fully saturated rings. The van der Waals surface area contributed by atoms with Crippen LogP contribution in [0.1, 0.15) is 13.8 Å². The number of aliphatic imine (C=N–C) groups is 1. The number of thioether (sulfide) groups is 1. The fourth-order valence-electron chi connectivity index (χ4n) is 0.762. The van der Waals surface area contributed by atoms with Crippen molar-refractivity contribution in [2.75, 3.05) is 12.8 Å². The molecule has 0 saturated heterocycles. The second kappa shape index (κ2) is 2.85. The molecule has 0 saturated carbocycles. The molecule has 0 amide bonds. The molecular formula is C7H11NO2S. The quantitative estimate of drug-likeness (QED) is 0.595. The minimum atomic E-state index is -0.696. The van der Waals surface area contributed by atoms with Crippen LogP contribution in [0.5, 0.6) is 0 Å². The van der Waals surface area contributed by atoms with Crippen LogP contribution in [0.2, 0.25) is 0 Å². The van der Waals surface area contributed by atoms with Crippen molar-refractivity contribution in [1.29, 1.82) is 0 Å². The molecule has 1 unspecified atom stereocenters. The largest absolute Gasteiger partial charge is 0.457 e. The van der Waals surface area contributed by atoms with E-state index in [0.717, 1.165) is 0 Å². The second-order valence-electron chi connectivity index (χ2n) is 2.68. The molecule has 0 spiro atoms. The molecule has 0 aliphatic carbocycles.